The van der Waals surface area contributed by atoms with Gasteiger partial charge >= 0.3 is 0 Å². The number of nitrogens with one attached hydrogen (secondary N) is 1. The molecule has 0 saturated carbocycles. The molecule has 3 rings (SSSR count). The van der Waals surface area contributed by atoms with Crippen LogP contribution in [0.5, 0.6) is 0 Å². The van der Waals surface area contributed by atoms with Crippen LogP contribution in [0.25, 0.3) is 6.08 Å². The number of non-ortho nitro benzene ring substituents is 1. The summed E-state index contributed by atoms with van der Waals surface area (Å²) in [4.78, 5) is 35.5. The highest BCUT2D eigenvalue weighted by atomic mass is 19.1. The molecule has 0 atom stereocenters. The summed E-state index contributed by atoms with van der Waals surface area (Å²) < 4.78 is 13.7. The third-order valence-electron chi connectivity index (χ3n) is 4.12. The maximum absolute atomic E-state index is 13.7. The van der Waals surface area contributed by atoms with E-state index in [0.29, 0.717) is 13.0 Å². The van der Waals surface area contributed by atoms with Gasteiger partial charge in [-0.2, -0.15) is 0 Å². The van der Waals surface area contributed by atoms with Gasteiger partial charge in [0.2, 0.25) is 11.8 Å². The number of anilines is 2. The number of amides is 2. The number of carbonyl (C=O) groups excluding carboxylic acids is 2. The molecule has 0 radical (unpaired) electrons. The molecular weight excluding hydrogens is 353 g/mol. The van der Waals surface area contributed by atoms with Crippen LogP contribution in [0.15, 0.2) is 48.5 Å². The fourth-order valence-corrected chi connectivity index (χ4v) is 2.76. The Bertz CT molecular complexity index is 925. The first-order valence-electron chi connectivity index (χ1n) is 8.27. The summed E-state index contributed by atoms with van der Waals surface area (Å²) in [6.45, 7) is 0.700. The minimum absolute atomic E-state index is 0.0941. The third-order valence-corrected chi connectivity index (χ3v) is 4.12. The van der Waals surface area contributed by atoms with E-state index in [4.69, 9.17) is 0 Å². The van der Waals surface area contributed by atoms with Gasteiger partial charge in [-0.05, 0) is 36.3 Å². The molecule has 1 saturated heterocycles. The molecule has 1 heterocycles. The number of hydrogen-bond acceptors (Lipinski definition) is 4. The summed E-state index contributed by atoms with van der Waals surface area (Å²) >= 11 is 0. The van der Waals surface area contributed by atoms with Crippen molar-refractivity contribution in [3.63, 3.8) is 0 Å². The van der Waals surface area contributed by atoms with Crippen LogP contribution in [0, 0.1) is 15.9 Å². The van der Waals surface area contributed by atoms with E-state index in [1.807, 2.05) is 0 Å². The van der Waals surface area contributed by atoms with Crippen LogP contribution in [0.3, 0.4) is 0 Å². The minimum Gasteiger partial charge on any atom is -0.320 e. The minimum atomic E-state index is -0.762. The number of nitro groups is 1. The molecule has 1 fully saturated rings. The van der Waals surface area contributed by atoms with Crippen molar-refractivity contribution < 1.29 is 18.9 Å². The van der Waals surface area contributed by atoms with Crippen LogP contribution in [0.2, 0.25) is 0 Å². The molecule has 2 amide bonds. The lowest BCUT2D eigenvalue weighted by molar-refractivity contribution is -0.384. The van der Waals surface area contributed by atoms with Crippen molar-refractivity contribution in [1.82, 2.24) is 0 Å². The average Bonchev–Trinajstić information content (AvgIpc) is 3.08. The third kappa shape index (κ3) is 4.35. The summed E-state index contributed by atoms with van der Waals surface area (Å²) in [5, 5.41) is 13.0. The van der Waals surface area contributed by atoms with Crippen LogP contribution in [0.1, 0.15) is 18.4 Å². The Labute approximate surface area is 154 Å². The molecule has 0 spiro atoms. The molecule has 138 valence electrons. The average molecular weight is 369 g/mol. The van der Waals surface area contributed by atoms with Gasteiger partial charge in [0.15, 0.2) is 0 Å². The zero-order valence-electron chi connectivity index (χ0n) is 14.2. The van der Waals surface area contributed by atoms with Crippen molar-refractivity contribution in [3.05, 3.63) is 70.0 Å². The molecule has 7 nitrogen and oxygen atoms in total. The lowest BCUT2D eigenvalue weighted by atomic mass is 10.2. The van der Waals surface area contributed by atoms with Gasteiger partial charge in [0.1, 0.15) is 5.82 Å². The number of rotatable bonds is 5. The van der Waals surface area contributed by atoms with Gasteiger partial charge in [-0.25, -0.2) is 4.39 Å². The lowest BCUT2D eigenvalue weighted by Gasteiger charge is -2.15. The van der Waals surface area contributed by atoms with Gasteiger partial charge in [0.25, 0.3) is 5.69 Å². The van der Waals surface area contributed by atoms with Crippen molar-refractivity contribution >= 4 is 35.0 Å². The van der Waals surface area contributed by atoms with E-state index in [2.05, 4.69) is 5.32 Å². The topological polar surface area (TPSA) is 92.6 Å². The molecule has 1 N–H and O–H groups in total. The second kappa shape index (κ2) is 7.77. The van der Waals surface area contributed by atoms with Crippen LogP contribution < -0.4 is 10.2 Å². The number of nitrogens with zero attached hydrogens (tertiary/aromatic N) is 2. The van der Waals surface area contributed by atoms with Gasteiger partial charge in [-0.1, -0.05) is 12.1 Å². The smallest absolute Gasteiger partial charge is 0.271 e. The van der Waals surface area contributed by atoms with Crippen molar-refractivity contribution in [2.24, 2.45) is 0 Å². The number of nitro benzene ring substituents is 1. The number of benzene rings is 2. The van der Waals surface area contributed by atoms with E-state index in [1.165, 1.54) is 12.2 Å². The zero-order chi connectivity index (χ0) is 19.4. The molecule has 0 bridgehead atoms. The largest absolute Gasteiger partial charge is 0.320 e. The summed E-state index contributed by atoms with van der Waals surface area (Å²) in [7, 11) is 0. The molecule has 2 aromatic carbocycles. The van der Waals surface area contributed by atoms with E-state index >= 15 is 0 Å². The van der Waals surface area contributed by atoms with Crippen molar-refractivity contribution in [2.45, 2.75) is 12.8 Å². The Hall–Kier alpha value is -3.55. The fraction of sp³-hybridized carbons (Fsp3) is 0.158. The standard InChI is InChI=1S/C19H16FN3O4/c20-16-9-8-15(23(26)27)12-17(16)21-18(24)10-5-13-3-6-14(7-4-13)22-11-1-2-19(22)25/h3-10,12H,1-2,11H2,(H,21,24)/b10-5+. The van der Waals surface area contributed by atoms with Gasteiger partial charge in [0.05, 0.1) is 10.6 Å². The van der Waals surface area contributed by atoms with E-state index < -0.39 is 16.6 Å². The van der Waals surface area contributed by atoms with Crippen LogP contribution >= 0.6 is 0 Å². The van der Waals surface area contributed by atoms with E-state index in [1.54, 1.807) is 29.2 Å². The monoisotopic (exact) mass is 369 g/mol. The zero-order valence-corrected chi connectivity index (χ0v) is 14.2. The number of hydrogen-bond donors (Lipinski definition) is 1. The molecule has 0 aromatic heterocycles. The van der Waals surface area contributed by atoms with E-state index in [0.717, 1.165) is 35.9 Å². The van der Waals surface area contributed by atoms with E-state index in [9.17, 15) is 24.1 Å². The summed E-state index contributed by atoms with van der Waals surface area (Å²) in [6, 6.07) is 10.0. The van der Waals surface area contributed by atoms with Crippen LogP contribution in [-0.2, 0) is 9.59 Å². The first kappa shape index (κ1) is 18.2. The summed E-state index contributed by atoms with van der Waals surface area (Å²) in [6.07, 6.45) is 4.12. The highest BCUT2D eigenvalue weighted by molar-refractivity contribution is 6.02. The second-order valence-corrected chi connectivity index (χ2v) is 5.98. The SMILES string of the molecule is O=C(/C=C/c1ccc(N2CCCC2=O)cc1)Nc1cc([N+](=O)[O-])ccc1F. The summed E-state index contributed by atoms with van der Waals surface area (Å²) in [5.41, 5.74) is 0.947. The van der Waals surface area contributed by atoms with Gasteiger partial charge < -0.3 is 10.2 Å². The maximum atomic E-state index is 13.7. The van der Waals surface area contributed by atoms with E-state index in [-0.39, 0.29) is 17.3 Å². The molecule has 1 aliphatic heterocycles. The molecular formula is C19H16FN3O4. The Balaban J connectivity index is 1.66. The van der Waals surface area contributed by atoms with Gasteiger partial charge in [-0.3, -0.25) is 19.7 Å². The second-order valence-electron chi connectivity index (χ2n) is 5.98. The molecule has 0 aliphatic carbocycles. The van der Waals surface area contributed by atoms with Crippen molar-refractivity contribution in [3.8, 4) is 0 Å². The van der Waals surface area contributed by atoms with Gasteiger partial charge in [-0.15, -0.1) is 0 Å². The van der Waals surface area contributed by atoms with Crippen LogP contribution in [-0.4, -0.2) is 23.3 Å². The Morgan fingerprint density at radius 1 is 1.22 bits per heavy atom. The number of halogens is 1. The maximum Gasteiger partial charge on any atom is 0.271 e. The fourth-order valence-electron chi connectivity index (χ4n) is 2.76. The predicted molar refractivity (Wildman–Crippen MR) is 98.7 cm³/mol. The Kier molecular flexibility index (Phi) is 5.25. The molecule has 2 aromatic rings. The molecule has 8 heteroatoms. The molecule has 27 heavy (non-hydrogen) atoms. The molecule has 0 unspecified atom stereocenters. The normalized spacial score (nSPS) is 14.0. The highest BCUT2D eigenvalue weighted by Gasteiger charge is 2.21. The first-order valence-corrected chi connectivity index (χ1v) is 8.27. The van der Waals surface area contributed by atoms with Gasteiger partial charge in [0, 0.05) is 36.9 Å². The predicted octanol–water partition coefficient (Wildman–Crippen LogP) is 3.51. The quantitative estimate of drug-likeness (QED) is 0.496. The van der Waals surface area contributed by atoms with Crippen molar-refractivity contribution in [1.29, 1.82) is 0 Å². The first-order chi connectivity index (χ1) is 12.9. The molecule has 1 aliphatic rings. The van der Waals surface area contributed by atoms with Crippen LogP contribution in [0.4, 0.5) is 21.5 Å². The summed E-state index contributed by atoms with van der Waals surface area (Å²) in [5.74, 6) is -1.29. The highest BCUT2D eigenvalue weighted by Crippen LogP contribution is 2.23. The number of carbonyl (C=O) groups is 2. The van der Waals surface area contributed by atoms with Crippen molar-refractivity contribution in [2.75, 3.05) is 16.8 Å². The Morgan fingerprint density at radius 3 is 2.59 bits per heavy atom. The Morgan fingerprint density at radius 2 is 1.96 bits per heavy atom. The lowest BCUT2D eigenvalue weighted by Crippen LogP contribution is -2.23.